The third kappa shape index (κ3) is 3.19. The van der Waals surface area contributed by atoms with Crippen molar-refractivity contribution in [3.63, 3.8) is 0 Å². The Kier molecular flexibility index (Phi) is 4.07. The second-order valence-corrected chi connectivity index (χ2v) is 6.24. The molecule has 1 fully saturated rings. The minimum Gasteiger partial charge on any atom is -0.438 e. The first-order valence-electron chi connectivity index (χ1n) is 8.35. The second-order valence-electron chi connectivity index (χ2n) is 6.24. The summed E-state index contributed by atoms with van der Waals surface area (Å²) in [7, 11) is 0. The van der Waals surface area contributed by atoms with Crippen molar-refractivity contribution in [2.45, 2.75) is 19.0 Å². The average molecular weight is 333 g/mol. The minimum absolute atomic E-state index is 0.0204. The zero-order valence-corrected chi connectivity index (χ0v) is 13.8. The summed E-state index contributed by atoms with van der Waals surface area (Å²) in [5.74, 6) is 1.33. The van der Waals surface area contributed by atoms with Gasteiger partial charge in [-0.05, 0) is 41.6 Å². The molecule has 0 aliphatic carbocycles. The maximum absolute atomic E-state index is 12.0. The molecule has 1 aliphatic heterocycles. The predicted octanol–water partition coefficient (Wildman–Crippen LogP) is 3.09. The Labute approximate surface area is 146 Å². The molecule has 5 heteroatoms. The molecule has 1 amide bonds. The average Bonchev–Trinajstić information content (AvgIpc) is 2.95. The number of nitrogens with two attached hydrogens (primary N) is 1. The predicted molar refractivity (Wildman–Crippen MR) is 96.3 cm³/mol. The van der Waals surface area contributed by atoms with E-state index in [0.29, 0.717) is 19.0 Å². The number of likely N-dealkylation sites (tertiary alicyclic amines) is 1. The summed E-state index contributed by atoms with van der Waals surface area (Å²) in [6.45, 7) is 1.26. The van der Waals surface area contributed by atoms with Crippen LogP contribution in [-0.2, 0) is 11.3 Å². The Morgan fingerprint density at radius 1 is 1.16 bits per heavy atom. The summed E-state index contributed by atoms with van der Waals surface area (Å²) in [5, 5.41) is 1.98. The number of nitrogens with zero attached hydrogens (tertiary/aromatic N) is 2. The first-order chi connectivity index (χ1) is 12.2. The number of ether oxygens (including phenoxy) is 1. The third-order valence-electron chi connectivity index (χ3n) is 4.46. The van der Waals surface area contributed by atoms with E-state index in [0.717, 1.165) is 28.5 Å². The molecular weight excluding hydrogens is 314 g/mol. The van der Waals surface area contributed by atoms with Crippen LogP contribution in [0.4, 0.5) is 0 Å². The number of carbonyl (C=O) groups is 1. The maximum atomic E-state index is 12.0. The van der Waals surface area contributed by atoms with Crippen molar-refractivity contribution in [2.75, 3.05) is 6.54 Å². The van der Waals surface area contributed by atoms with Gasteiger partial charge < -0.3 is 15.4 Å². The molecule has 1 unspecified atom stereocenters. The van der Waals surface area contributed by atoms with E-state index in [4.69, 9.17) is 10.5 Å². The molecule has 0 radical (unpaired) electrons. The van der Waals surface area contributed by atoms with Gasteiger partial charge in [-0.1, -0.05) is 30.3 Å². The lowest BCUT2D eigenvalue weighted by molar-refractivity contribution is -0.129. The highest BCUT2D eigenvalue weighted by Crippen LogP contribution is 2.29. The maximum Gasteiger partial charge on any atom is 0.239 e. The lowest BCUT2D eigenvalue weighted by atomic mass is 10.1. The SMILES string of the molecule is NC1CCN(Cc2ccc3ccnc(Oc4ccccc4)c3c2)C1=O. The molecule has 5 nitrogen and oxygen atoms in total. The van der Waals surface area contributed by atoms with E-state index < -0.39 is 0 Å². The van der Waals surface area contributed by atoms with Gasteiger partial charge in [0.25, 0.3) is 0 Å². The molecule has 2 heterocycles. The van der Waals surface area contributed by atoms with Crippen LogP contribution in [0, 0.1) is 0 Å². The van der Waals surface area contributed by atoms with Crippen LogP contribution < -0.4 is 10.5 Å². The van der Waals surface area contributed by atoms with E-state index in [1.54, 1.807) is 11.1 Å². The van der Waals surface area contributed by atoms with Crippen LogP contribution >= 0.6 is 0 Å². The van der Waals surface area contributed by atoms with E-state index in [-0.39, 0.29) is 11.9 Å². The number of aromatic nitrogens is 1. The van der Waals surface area contributed by atoms with E-state index in [9.17, 15) is 4.79 Å². The van der Waals surface area contributed by atoms with Crippen molar-refractivity contribution in [3.05, 3.63) is 66.4 Å². The molecule has 1 aliphatic rings. The Hall–Kier alpha value is -2.92. The lowest BCUT2D eigenvalue weighted by Gasteiger charge is -2.16. The van der Waals surface area contributed by atoms with Crippen LogP contribution in [0.2, 0.25) is 0 Å². The normalized spacial score (nSPS) is 17.2. The number of carbonyl (C=O) groups excluding carboxylic acids is 1. The first-order valence-corrected chi connectivity index (χ1v) is 8.35. The van der Waals surface area contributed by atoms with Crippen LogP contribution in [0.3, 0.4) is 0 Å². The fourth-order valence-corrected chi connectivity index (χ4v) is 3.11. The second kappa shape index (κ2) is 6.53. The van der Waals surface area contributed by atoms with Crippen LogP contribution in [0.25, 0.3) is 10.8 Å². The van der Waals surface area contributed by atoms with Gasteiger partial charge in [-0.15, -0.1) is 0 Å². The zero-order valence-electron chi connectivity index (χ0n) is 13.8. The van der Waals surface area contributed by atoms with Gasteiger partial charge in [0.1, 0.15) is 5.75 Å². The molecule has 126 valence electrons. The van der Waals surface area contributed by atoms with E-state index in [2.05, 4.69) is 4.98 Å². The lowest BCUT2D eigenvalue weighted by Crippen LogP contribution is -2.33. The van der Waals surface area contributed by atoms with Gasteiger partial charge in [0.2, 0.25) is 11.8 Å². The summed E-state index contributed by atoms with van der Waals surface area (Å²) in [6, 6.07) is 17.3. The topological polar surface area (TPSA) is 68.4 Å². The van der Waals surface area contributed by atoms with Crippen molar-refractivity contribution >= 4 is 16.7 Å². The number of hydrogen-bond acceptors (Lipinski definition) is 4. The molecule has 1 aromatic heterocycles. The number of rotatable bonds is 4. The smallest absolute Gasteiger partial charge is 0.239 e. The number of fused-ring (bicyclic) bond motifs is 1. The fourth-order valence-electron chi connectivity index (χ4n) is 3.11. The summed E-state index contributed by atoms with van der Waals surface area (Å²) in [4.78, 5) is 18.2. The summed E-state index contributed by atoms with van der Waals surface area (Å²) >= 11 is 0. The summed E-state index contributed by atoms with van der Waals surface area (Å²) in [6.07, 6.45) is 2.46. The summed E-state index contributed by atoms with van der Waals surface area (Å²) in [5.41, 5.74) is 6.84. The first kappa shape index (κ1) is 15.6. The van der Waals surface area contributed by atoms with Gasteiger partial charge >= 0.3 is 0 Å². The van der Waals surface area contributed by atoms with Crippen LogP contribution in [-0.4, -0.2) is 28.4 Å². The van der Waals surface area contributed by atoms with Crippen molar-refractivity contribution < 1.29 is 9.53 Å². The summed E-state index contributed by atoms with van der Waals surface area (Å²) < 4.78 is 5.94. The number of para-hydroxylation sites is 1. The van der Waals surface area contributed by atoms with Crippen LogP contribution in [0.5, 0.6) is 11.6 Å². The number of pyridine rings is 1. The molecular formula is C20H19N3O2. The Bertz CT molecular complexity index is 911. The molecule has 0 saturated carbocycles. The van der Waals surface area contributed by atoms with E-state index in [1.165, 1.54) is 0 Å². The molecule has 2 N–H and O–H groups in total. The highest BCUT2D eigenvalue weighted by atomic mass is 16.5. The largest absolute Gasteiger partial charge is 0.438 e. The van der Waals surface area contributed by atoms with Crippen molar-refractivity contribution in [2.24, 2.45) is 5.73 Å². The highest BCUT2D eigenvalue weighted by Gasteiger charge is 2.28. The van der Waals surface area contributed by atoms with Gasteiger partial charge in [0.05, 0.1) is 6.04 Å². The molecule has 4 rings (SSSR count). The van der Waals surface area contributed by atoms with Crippen molar-refractivity contribution in [1.82, 2.24) is 9.88 Å². The quantitative estimate of drug-likeness (QED) is 0.796. The molecule has 1 atom stereocenters. The van der Waals surface area contributed by atoms with Gasteiger partial charge in [-0.3, -0.25) is 4.79 Å². The number of benzene rings is 2. The number of hydrogen-bond donors (Lipinski definition) is 1. The molecule has 2 aromatic carbocycles. The van der Waals surface area contributed by atoms with Crippen LogP contribution in [0.1, 0.15) is 12.0 Å². The van der Waals surface area contributed by atoms with Gasteiger partial charge in [0.15, 0.2) is 0 Å². The molecule has 0 spiro atoms. The molecule has 0 bridgehead atoms. The monoisotopic (exact) mass is 333 g/mol. The van der Waals surface area contributed by atoms with Crippen molar-refractivity contribution in [3.8, 4) is 11.6 Å². The molecule has 3 aromatic rings. The number of amides is 1. The van der Waals surface area contributed by atoms with E-state index >= 15 is 0 Å². The minimum atomic E-state index is -0.362. The molecule has 25 heavy (non-hydrogen) atoms. The zero-order chi connectivity index (χ0) is 17.2. The van der Waals surface area contributed by atoms with Gasteiger partial charge in [-0.2, -0.15) is 0 Å². The van der Waals surface area contributed by atoms with E-state index in [1.807, 2.05) is 54.6 Å². The fraction of sp³-hybridized carbons (Fsp3) is 0.200. The third-order valence-corrected chi connectivity index (χ3v) is 4.46. The van der Waals surface area contributed by atoms with Crippen molar-refractivity contribution in [1.29, 1.82) is 0 Å². The Morgan fingerprint density at radius 3 is 2.76 bits per heavy atom. The van der Waals surface area contributed by atoms with Gasteiger partial charge in [0, 0.05) is 24.7 Å². The molecule has 1 saturated heterocycles. The van der Waals surface area contributed by atoms with Crippen LogP contribution in [0.15, 0.2) is 60.8 Å². The highest BCUT2D eigenvalue weighted by molar-refractivity contribution is 5.88. The Balaban J connectivity index is 1.65. The Morgan fingerprint density at radius 2 is 2.00 bits per heavy atom. The van der Waals surface area contributed by atoms with Gasteiger partial charge in [-0.25, -0.2) is 4.98 Å². The standard InChI is InChI=1S/C20H19N3O2/c21-18-9-11-23(20(18)24)13-14-6-7-15-8-10-22-19(17(15)12-14)25-16-4-2-1-3-5-16/h1-8,10,12,18H,9,11,13,21H2.